The molecule has 2 aromatic carbocycles. The molecule has 2 aliphatic heterocycles. The Morgan fingerprint density at radius 2 is 1.96 bits per heavy atom. The van der Waals surface area contributed by atoms with Gasteiger partial charge >= 0.3 is 0 Å². The van der Waals surface area contributed by atoms with Gasteiger partial charge in [-0.05, 0) is 44.5 Å². The molecule has 6 nitrogen and oxygen atoms in total. The molecule has 0 spiro atoms. The first-order chi connectivity index (χ1) is 13.6. The number of nitrogens with zero attached hydrogens (tertiary/aromatic N) is 1. The maximum absolute atomic E-state index is 13.4. The highest BCUT2D eigenvalue weighted by atomic mass is 32.2. The number of para-hydroxylation sites is 1. The molecule has 0 bridgehead atoms. The van der Waals surface area contributed by atoms with E-state index in [0.29, 0.717) is 43.2 Å². The van der Waals surface area contributed by atoms with Crippen LogP contribution in [0.5, 0.6) is 11.5 Å². The zero-order valence-corrected chi connectivity index (χ0v) is 16.7. The second-order valence-corrected chi connectivity index (χ2v) is 7.88. The molecule has 1 unspecified atom stereocenters. The van der Waals surface area contributed by atoms with Gasteiger partial charge in [0.15, 0.2) is 4.87 Å². The minimum atomic E-state index is -0.966. The van der Waals surface area contributed by atoms with Crippen molar-refractivity contribution < 1.29 is 19.1 Å². The van der Waals surface area contributed by atoms with E-state index in [1.165, 1.54) is 11.8 Å². The fraction of sp³-hybridized carbons (Fsp3) is 0.333. The highest BCUT2D eigenvalue weighted by Crippen LogP contribution is 2.56. The molecule has 7 heteroatoms. The molecule has 2 amide bonds. The molecule has 1 saturated heterocycles. The molecule has 28 heavy (non-hydrogen) atoms. The molecular weight excluding hydrogens is 376 g/mol. The van der Waals surface area contributed by atoms with E-state index in [4.69, 9.17) is 9.47 Å². The van der Waals surface area contributed by atoms with E-state index in [-0.39, 0.29) is 11.8 Å². The van der Waals surface area contributed by atoms with E-state index >= 15 is 0 Å². The maximum atomic E-state index is 13.4. The lowest BCUT2D eigenvalue weighted by molar-refractivity contribution is -0.121. The van der Waals surface area contributed by atoms with Gasteiger partial charge in [-0.3, -0.25) is 14.5 Å². The van der Waals surface area contributed by atoms with E-state index in [2.05, 4.69) is 5.32 Å². The van der Waals surface area contributed by atoms with Crippen molar-refractivity contribution in [1.82, 2.24) is 0 Å². The molecule has 0 aliphatic carbocycles. The monoisotopic (exact) mass is 398 g/mol. The lowest BCUT2D eigenvalue weighted by Crippen LogP contribution is -2.49. The third kappa shape index (κ3) is 2.99. The van der Waals surface area contributed by atoms with Crippen LogP contribution in [0, 0.1) is 0 Å². The van der Waals surface area contributed by atoms with Gasteiger partial charge in [0, 0.05) is 17.4 Å². The number of hydrogen-bond acceptors (Lipinski definition) is 5. The topological polar surface area (TPSA) is 67.9 Å². The van der Waals surface area contributed by atoms with Gasteiger partial charge in [0.1, 0.15) is 11.5 Å². The summed E-state index contributed by atoms with van der Waals surface area (Å²) >= 11 is 1.44. The summed E-state index contributed by atoms with van der Waals surface area (Å²) < 4.78 is 11.2. The van der Waals surface area contributed by atoms with E-state index in [9.17, 15) is 9.59 Å². The van der Waals surface area contributed by atoms with Gasteiger partial charge in [0.25, 0.3) is 5.91 Å². The third-order valence-electron chi connectivity index (χ3n) is 4.84. The summed E-state index contributed by atoms with van der Waals surface area (Å²) in [4.78, 5) is 27.6. The summed E-state index contributed by atoms with van der Waals surface area (Å²) in [7, 11) is 0. The summed E-state index contributed by atoms with van der Waals surface area (Å²) in [6.45, 7) is 4.80. The van der Waals surface area contributed by atoms with Crippen molar-refractivity contribution in [2.75, 3.05) is 23.4 Å². The molecule has 1 N–H and O–H groups in total. The predicted octanol–water partition coefficient (Wildman–Crippen LogP) is 4.05. The number of thioether (sulfide) groups is 1. The van der Waals surface area contributed by atoms with Crippen molar-refractivity contribution in [3.8, 4) is 11.5 Å². The second-order valence-electron chi connectivity index (χ2n) is 6.56. The maximum Gasteiger partial charge on any atom is 0.261 e. The number of carbonyl (C=O) groups is 2. The standard InChI is InChI=1S/C21H22N2O4S/c1-3-26-14-9-10-17(27-4-2)15(13-14)22-20(25)21-12-11-19(24)23(21)16-7-5-6-8-18(16)28-21/h5-10,13H,3-4,11-12H2,1-2H3,(H,22,25). The molecule has 1 atom stereocenters. The Bertz CT molecular complexity index is 932. The first-order valence-corrected chi connectivity index (χ1v) is 10.2. The lowest BCUT2D eigenvalue weighted by atomic mass is 10.1. The number of anilines is 2. The number of hydrogen-bond donors (Lipinski definition) is 1. The van der Waals surface area contributed by atoms with Crippen LogP contribution in [0.25, 0.3) is 0 Å². The van der Waals surface area contributed by atoms with Gasteiger partial charge in [-0.2, -0.15) is 0 Å². The third-order valence-corrected chi connectivity index (χ3v) is 6.31. The highest BCUT2D eigenvalue weighted by Gasteiger charge is 2.57. The zero-order valence-electron chi connectivity index (χ0n) is 15.9. The summed E-state index contributed by atoms with van der Waals surface area (Å²) in [5.41, 5.74) is 1.35. The molecular formula is C21H22N2O4S. The van der Waals surface area contributed by atoms with Gasteiger partial charge in [-0.1, -0.05) is 23.9 Å². The first kappa shape index (κ1) is 18.7. The number of carbonyl (C=O) groups excluding carboxylic acids is 2. The quantitative estimate of drug-likeness (QED) is 0.795. The SMILES string of the molecule is CCOc1ccc(OCC)c(NC(=O)C23CCC(=O)N2c2ccccc2S3)c1. The van der Waals surface area contributed by atoms with Crippen LogP contribution in [0.1, 0.15) is 26.7 Å². The van der Waals surface area contributed by atoms with Crippen molar-refractivity contribution >= 4 is 35.0 Å². The van der Waals surface area contributed by atoms with E-state index in [0.717, 1.165) is 10.6 Å². The van der Waals surface area contributed by atoms with Gasteiger partial charge in [-0.15, -0.1) is 0 Å². The summed E-state index contributed by atoms with van der Waals surface area (Å²) in [6.07, 6.45) is 0.818. The van der Waals surface area contributed by atoms with Crippen LogP contribution in [0.4, 0.5) is 11.4 Å². The summed E-state index contributed by atoms with van der Waals surface area (Å²) in [5.74, 6) is 0.974. The molecule has 0 radical (unpaired) electrons. The van der Waals surface area contributed by atoms with Crippen LogP contribution >= 0.6 is 11.8 Å². The van der Waals surface area contributed by atoms with Gasteiger partial charge in [0.2, 0.25) is 5.91 Å². The molecule has 0 saturated carbocycles. The minimum absolute atomic E-state index is 0.0271. The predicted molar refractivity (Wildman–Crippen MR) is 109 cm³/mol. The number of rotatable bonds is 6. The van der Waals surface area contributed by atoms with Crippen LogP contribution in [-0.2, 0) is 9.59 Å². The fourth-order valence-electron chi connectivity index (χ4n) is 3.66. The number of benzene rings is 2. The van der Waals surface area contributed by atoms with Gasteiger partial charge < -0.3 is 14.8 Å². The average molecular weight is 398 g/mol. The highest BCUT2D eigenvalue weighted by molar-refractivity contribution is 8.02. The molecule has 146 valence electrons. The van der Waals surface area contributed by atoms with E-state index in [1.807, 2.05) is 44.2 Å². The molecule has 2 aromatic rings. The largest absolute Gasteiger partial charge is 0.494 e. The second kappa shape index (κ2) is 7.39. The number of amides is 2. The Kier molecular flexibility index (Phi) is 4.93. The minimum Gasteiger partial charge on any atom is -0.494 e. The Balaban J connectivity index is 1.67. The Hall–Kier alpha value is -2.67. The van der Waals surface area contributed by atoms with Crippen molar-refractivity contribution in [3.63, 3.8) is 0 Å². The molecule has 2 aliphatic rings. The van der Waals surface area contributed by atoms with Crippen molar-refractivity contribution in [2.24, 2.45) is 0 Å². The summed E-state index contributed by atoms with van der Waals surface area (Å²) in [6, 6.07) is 13.0. The van der Waals surface area contributed by atoms with Gasteiger partial charge in [0.05, 0.1) is 24.6 Å². The Labute approximate surface area is 168 Å². The Morgan fingerprint density at radius 1 is 1.18 bits per heavy atom. The fourth-order valence-corrected chi connectivity index (χ4v) is 5.08. The zero-order chi connectivity index (χ0) is 19.7. The van der Waals surface area contributed by atoms with Crippen LogP contribution in [0.2, 0.25) is 0 Å². The number of fused-ring (bicyclic) bond motifs is 3. The molecule has 1 fully saturated rings. The van der Waals surface area contributed by atoms with Crippen LogP contribution < -0.4 is 19.7 Å². The van der Waals surface area contributed by atoms with Crippen molar-refractivity contribution in [3.05, 3.63) is 42.5 Å². The van der Waals surface area contributed by atoms with Crippen molar-refractivity contribution in [1.29, 1.82) is 0 Å². The summed E-state index contributed by atoms with van der Waals surface area (Å²) in [5, 5.41) is 3.00. The molecule has 2 heterocycles. The Morgan fingerprint density at radius 3 is 2.75 bits per heavy atom. The van der Waals surface area contributed by atoms with Crippen LogP contribution in [0.3, 0.4) is 0 Å². The molecule has 0 aromatic heterocycles. The average Bonchev–Trinajstić information content (AvgIpc) is 3.20. The number of ether oxygens (including phenoxy) is 2. The lowest BCUT2D eigenvalue weighted by Gasteiger charge is -2.30. The van der Waals surface area contributed by atoms with Gasteiger partial charge in [-0.25, -0.2) is 0 Å². The normalized spacial score (nSPS) is 19.9. The van der Waals surface area contributed by atoms with Crippen molar-refractivity contribution in [2.45, 2.75) is 36.5 Å². The number of nitrogens with one attached hydrogen (secondary N) is 1. The van der Waals surface area contributed by atoms with Crippen LogP contribution in [0.15, 0.2) is 47.4 Å². The first-order valence-electron chi connectivity index (χ1n) is 9.41. The van der Waals surface area contributed by atoms with E-state index in [1.54, 1.807) is 17.0 Å². The van der Waals surface area contributed by atoms with Crippen LogP contribution in [-0.4, -0.2) is 29.9 Å². The smallest absolute Gasteiger partial charge is 0.261 e. The molecule has 4 rings (SSSR count). The van der Waals surface area contributed by atoms with E-state index < -0.39 is 4.87 Å².